The molecule has 0 fully saturated rings. The van der Waals surface area contributed by atoms with Gasteiger partial charge < -0.3 is 5.11 Å². The van der Waals surface area contributed by atoms with E-state index < -0.39 is 5.97 Å². The Morgan fingerprint density at radius 2 is 2.38 bits per heavy atom. The van der Waals surface area contributed by atoms with Crippen LogP contribution in [0.15, 0.2) is 18.3 Å². The minimum Gasteiger partial charge on any atom is -0.481 e. The van der Waals surface area contributed by atoms with Gasteiger partial charge in [-0.3, -0.25) is 4.79 Å². The van der Waals surface area contributed by atoms with Crippen LogP contribution in [0.4, 0.5) is 0 Å². The summed E-state index contributed by atoms with van der Waals surface area (Å²) in [7, 11) is 0. The zero-order chi connectivity index (χ0) is 11.7. The number of nitrogens with zero attached hydrogens (tertiary/aromatic N) is 3. The molecule has 16 heavy (non-hydrogen) atoms. The Balaban J connectivity index is 2.39. The molecule has 0 bridgehead atoms. The van der Waals surface area contributed by atoms with Crippen molar-refractivity contribution in [3.8, 4) is 0 Å². The Morgan fingerprint density at radius 3 is 3.00 bits per heavy atom. The lowest BCUT2D eigenvalue weighted by Crippen LogP contribution is -2.04. The summed E-state index contributed by atoms with van der Waals surface area (Å²) < 4.78 is 1.68. The zero-order valence-electron chi connectivity index (χ0n) is 9.21. The van der Waals surface area contributed by atoms with Crippen LogP contribution in [0.3, 0.4) is 0 Å². The molecule has 2 heterocycles. The van der Waals surface area contributed by atoms with E-state index in [2.05, 4.69) is 10.1 Å². The van der Waals surface area contributed by atoms with E-state index in [-0.39, 0.29) is 12.3 Å². The molecule has 5 nitrogen and oxygen atoms in total. The van der Waals surface area contributed by atoms with E-state index in [1.165, 1.54) is 0 Å². The smallest absolute Gasteiger partial charge is 0.304 e. The van der Waals surface area contributed by atoms with Gasteiger partial charge in [-0.25, -0.2) is 9.50 Å². The molecule has 0 radical (unpaired) electrons. The van der Waals surface area contributed by atoms with Crippen LogP contribution in [-0.2, 0) is 4.79 Å². The summed E-state index contributed by atoms with van der Waals surface area (Å²) >= 11 is 0. The molecule has 2 aromatic rings. The SMILES string of the molecule is Cc1cccn2nc(C(C)CC(=O)O)nc12. The topological polar surface area (TPSA) is 67.5 Å². The molecule has 0 saturated carbocycles. The Kier molecular flexibility index (Phi) is 2.60. The van der Waals surface area contributed by atoms with Gasteiger partial charge in [0.15, 0.2) is 11.5 Å². The van der Waals surface area contributed by atoms with Crippen molar-refractivity contribution in [2.45, 2.75) is 26.2 Å². The molecular formula is C11H13N3O2. The molecule has 1 unspecified atom stereocenters. The fourth-order valence-electron chi connectivity index (χ4n) is 1.62. The van der Waals surface area contributed by atoms with Crippen molar-refractivity contribution in [1.82, 2.24) is 14.6 Å². The molecule has 0 saturated heterocycles. The van der Waals surface area contributed by atoms with E-state index in [1.807, 2.05) is 32.2 Å². The number of aliphatic carboxylic acids is 1. The summed E-state index contributed by atoms with van der Waals surface area (Å²) in [5.41, 5.74) is 1.82. The average molecular weight is 219 g/mol. The molecule has 0 aliphatic carbocycles. The van der Waals surface area contributed by atoms with Crippen LogP contribution in [-0.4, -0.2) is 25.7 Å². The highest BCUT2D eigenvalue weighted by Gasteiger charge is 2.15. The molecule has 2 rings (SSSR count). The van der Waals surface area contributed by atoms with E-state index in [1.54, 1.807) is 4.52 Å². The highest BCUT2D eigenvalue weighted by atomic mass is 16.4. The van der Waals surface area contributed by atoms with Gasteiger partial charge in [0.25, 0.3) is 0 Å². The van der Waals surface area contributed by atoms with Gasteiger partial charge in [-0.15, -0.1) is 0 Å². The molecule has 0 aliphatic rings. The van der Waals surface area contributed by atoms with Gasteiger partial charge in [0.2, 0.25) is 0 Å². The second-order valence-electron chi connectivity index (χ2n) is 3.93. The minimum atomic E-state index is -0.830. The minimum absolute atomic E-state index is 0.0515. The monoisotopic (exact) mass is 219 g/mol. The summed E-state index contributed by atoms with van der Waals surface area (Å²) in [5.74, 6) is -0.420. The van der Waals surface area contributed by atoms with E-state index in [0.29, 0.717) is 5.82 Å². The zero-order valence-corrected chi connectivity index (χ0v) is 9.21. The first-order valence-corrected chi connectivity index (χ1v) is 5.11. The van der Waals surface area contributed by atoms with E-state index in [4.69, 9.17) is 5.11 Å². The highest BCUT2D eigenvalue weighted by Crippen LogP contribution is 2.17. The maximum Gasteiger partial charge on any atom is 0.304 e. The third-order valence-electron chi connectivity index (χ3n) is 2.50. The molecule has 5 heteroatoms. The number of pyridine rings is 1. The Morgan fingerprint density at radius 1 is 1.62 bits per heavy atom. The first kappa shape index (κ1) is 10.6. The van der Waals surface area contributed by atoms with Crippen molar-refractivity contribution < 1.29 is 9.90 Å². The molecule has 0 spiro atoms. The largest absolute Gasteiger partial charge is 0.481 e. The number of hydrogen-bond donors (Lipinski definition) is 1. The summed E-state index contributed by atoms with van der Waals surface area (Å²) in [6, 6.07) is 3.85. The summed E-state index contributed by atoms with van der Waals surface area (Å²) in [4.78, 5) is 15.0. The van der Waals surface area contributed by atoms with Crippen molar-refractivity contribution in [3.05, 3.63) is 29.7 Å². The van der Waals surface area contributed by atoms with Crippen LogP contribution in [0.5, 0.6) is 0 Å². The van der Waals surface area contributed by atoms with Gasteiger partial charge in [-0.1, -0.05) is 13.0 Å². The van der Waals surface area contributed by atoms with Crippen LogP contribution in [0.25, 0.3) is 5.65 Å². The lowest BCUT2D eigenvalue weighted by Gasteiger charge is -2.01. The van der Waals surface area contributed by atoms with Gasteiger partial charge in [0.1, 0.15) is 0 Å². The number of carbonyl (C=O) groups is 1. The van der Waals surface area contributed by atoms with Crippen molar-refractivity contribution in [2.24, 2.45) is 0 Å². The predicted molar refractivity (Wildman–Crippen MR) is 58.4 cm³/mol. The second-order valence-corrected chi connectivity index (χ2v) is 3.93. The Bertz CT molecular complexity index is 533. The standard InChI is InChI=1S/C11H13N3O2/c1-7-4-3-5-14-11(7)12-10(13-14)8(2)6-9(15)16/h3-5,8H,6H2,1-2H3,(H,15,16). The van der Waals surface area contributed by atoms with E-state index in [0.717, 1.165) is 11.2 Å². The van der Waals surface area contributed by atoms with Crippen LogP contribution in [0.1, 0.15) is 30.7 Å². The third-order valence-corrected chi connectivity index (χ3v) is 2.50. The first-order valence-electron chi connectivity index (χ1n) is 5.11. The van der Waals surface area contributed by atoms with Crippen LogP contribution in [0.2, 0.25) is 0 Å². The normalized spacial score (nSPS) is 12.9. The molecule has 0 amide bonds. The highest BCUT2D eigenvalue weighted by molar-refractivity contribution is 5.67. The molecule has 84 valence electrons. The van der Waals surface area contributed by atoms with Gasteiger partial charge in [0.05, 0.1) is 6.42 Å². The average Bonchev–Trinajstić information content (AvgIpc) is 2.61. The molecular weight excluding hydrogens is 206 g/mol. The number of aryl methyl sites for hydroxylation is 1. The Labute approximate surface area is 92.7 Å². The maximum atomic E-state index is 10.6. The lowest BCUT2D eigenvalue weighted by atomic mass is 10.1. The Hall–Kier alpha value is -1.91. The number of hydrogen-bond acceptors (Lipinski definition) is 3. The lowest BCUT2D eigenvalue weighted by molar-refractivity contribution is -0.137. The van der Waals surface area contributed by atoms with Gasteiger partial charge in [-0.05, 0) is 18.6 Å². The summed E-state index contributed by atoms with van der Waals surface area (Å²) in [6.07, 6.45) is 1.86. The third kappa shape index (κ3) is 1.88. The van der Waals surface area contributed by atoms with Crippen molar-refractivity contribution in [1.29, 1.82) is 0 Å². The number of aromatic nitrogens is 3. The van der Waals surface area contributed by atoms with Crippen molar-refractivity contribution in [3.63, 3.8) is 0 Å². The van der Waals surface area contributed by atoms with E-state index in [9.17, 15) is 4.79 Å². The number of carboxylic acids is 1. The molecule has 0 aliphatic heterocycles. The molecule has 0 aromatic carbocycles. The molecule has 2 aromatic heterocycles. The second kappa shape index (κ2) is 3.92. The van der Waals surface area contributed by atoms with Crippen molar-refractivity contribution in [2.75, 3.05) is 0 Å². The van der Waals surface area contributed by atoms with Crippen LogP contribution in [0, 0.1) is 6.92 Å². The van der Waals surface area contributed by atoms with Crippen LogP contribution < -0.4 is 0 Å². The first-order chi connectivity index (χ1) is 7.58. The molecule has 1 atom stereocenters. The van der Waals surface area contributed by atoms with Gasteiger partial charge >= 0.3 is 5.97 Å². The quantitative estimate of drug-likeness (QED) is 0.851. The fraction of sp³-hybridized carbons (Fsp3) is 0.364. The summed E-state index contributed by atoms with van der Waals surface area (Å²) in [6.45, 7) is 3.77. The summed E-state index contributed by atoms with van der Waals surface area (Å²) in [5, 5.41) is 13.0. The molecule has 1 N–H and O–H groups in total. The van der Waals surface area contributed by atoms with E-state index >= 15 is 0 Å². The van der Waals surface area contributed by atoms with Gasteiger partial charge in [0, 0.05) is 12.1 Å². The fourth-order valence-corrected chi connectivity index (χ4v) is 1.62. The van der Waals surface area contributed by atoms with Crippen molar-refractivity contribution >= 4 is 11.6 Å². The number of rotatable bonds is 3. The van der Waals surface area contributed by atoms with Crippen LogP contribution >= 0.6 is 0 Å². The predicted octanol–water partition coefficient (Wildman–Crippen LogP) is 1.62. The number of carboxylic acid groups (broad SMARTS) is 1. The number of fused-ring (bicyclic) bond motifs is 1. The van der Waals surface area contributed by atoms with Gasteiger partial charge in [-0.2, -0.15) is 5.10 Å². The maximum absolute atomic E-state index is 10.6.